The first-order chi connectivity index (χ1) is 8.84. The number of nitrogens with one attached hydrogen (secondary N) is 2. The molecule has 2 heterocycles. The normalized spacial score (nSPS) is 19.4. The lowest BCUT2D eigenvalue weighted by atomic mass is 10.2. The van der Waals surface area contributed by atoms with Crippen LogP contribution in [0.15, 0.2) is 24.5 Å². The predicted octanol–water partition coefficient (Wildman–Crippen LogP) is 0.119. The summed E-state index contributed by atoms with van der Waals surface area (Å²) in [6.45, 7) is 2.98. The van der Waals surface area contributed by atoms with Gasteiger partial charge in [-0.05, 0) is 24.1 Å². The number of nitrogens with zero attached hydrogens (tertiary/aromatic N) is 1. The second-order valence-electron chi connectivity index (χ2n) is 4.36. The van der Waals surface area contributed by atoms with E-state index in [2.05, 4.69) is 15.6 Å². The van der Waals surface area contributed by atoms with Gasteiger partial charge in [-0.15, -0.1) is 0 Å². The van der Waals surface area contributed by atoms with E-state index < -0.39 is 0 Å². The molecule has 0 saturated carbocycles. The first-order valence-corrected chi connectivity index (χ1v) is 6.32. The summed E-state index contributed by atoms with van der Waals surface area (Å²) in [4.78, 5) is 15.6. The predicted molar refractivity (Wildman–Crippen MR) is 68.2 cm³/mol. The maximum atomic E-state index is 11.7. The third-order valence-electron chi connectivity index (χ3n) is 2.90. The lowest BCUT2D eigenvalue weighted by Crippen LogP contribution is -2.41. The molecule has 1 amide bonds. The summed E-state index contributed by atoms with van der Waals surface area (Å²) >= 11 is 0. The Balaban J connectivity index is 1.62. The van der Waals surface area contributed by atoms with E-state index in [0.29, 0.717) is 19.6 Å². The second kappa shape index (κ2) is 7.08. The van der Waals surface area contributed by atoms with Crippen LogP contribution in [0.5, 0.6) is 0 Å². The van der Waals surface area contributed by atoms with E-state index in [1.54, 1.807) is 12.4 Å². The van der Waals surface area contributed by atoms with Gasteiger partial charge in [0.1, 0.15) is 0 Å². The number of amides is 1. The Bertz CT molecular complexity index is 364. The van der Waals surface area contributed by atoms with Gasteiger partial charge in [0.15, 0.2) is 0 Å². The van der Waals surface area contributed by atoms with Gasteiger partial charge in [0.2, 0.25) is 5.91 Å². The quantitative estimate of drug-likeness (QED) is 0.778. The van der Waals surface area contributed by atoms with E-state index in [0.717, 1.165) is 19.5 Å². The highest BCUT2D eigenvalue weighted by molar-refractivity contribution is 5.76. The molecule has 1 atom stereocenters. The summed E-state index contributed by atoms with van der Waals surface area (Å²) in [5, 5.41) is 6.12. The molecule has 5 heteroatoms. The van der Waals surface area contributed by atoms with E-state index in [4.69, 9.17) is 4.74 Å². The van der Waals surface area contributed by atoms with E-state index in [1.807, 2.05) is 12.1 Å². The molecule has 1 aliphatic heterocycles. The van der Waals surface area contributed by atoms with Crippen LogP contribution in [-0.4, -0.2) is 43.2 Å². The number of morpholine rings is 1. The van der Waals surface area contributed by atoms with E-state index >= 15 is 0 Å². The molecule has 1 aromatic heterocycles. The topological polar surface area (TPSA) is 63.2 Å². The summed E-state index contributed by atoms with van der Waals surface area (Å²) in [6, 6.07) is 3.92. The molecule has 1 unspecified atom stereocenters. The molecule has 0 radical (unpaired) electrons. The van der Waals surface area contributed by atoms with Gasteiger partial charge in [-0.2, -0.15) is 0 Å². The standard InChI is InChI=1S/C13H19N3O2/c17-13(9-12-10-15-7-8-18-12)16-6-3-11-1-4-14-5-2-11/h1-2,4-5,12,15H,3,6-10H2,(H,16,17). The van der Waals surface area contributed by atoms with E-state index in [-0.39, 0.29) is 12.0 Å². The van der Waals surface area contributed by atoms with Gasteiger partial charge in [0.25, 0.3) is 0 Å². The zero-order valence-electron chi connectivity index (χ0n) is 10.4. The minimum Gasteiger partial charge on any atom is -0.375 e. The molecule has 0 spiro atoms. The fraction of sp³-hybridized carbons (Fsp3) is 0.538. The second-order valence-corrected chi connectivity index (χ2v) is 4.36. The van der Waals surface area contributed by atoms with Crippen molar-refractivity contribution in [3.05, 3.63) is 30.1 Å². The van der Waals surface area contributed by atoms with E-state index in [9.17, 15) is 4.79 Å². The molecule has 2 rings (SSSR count). The Labute approximate surface area is 107 Å². The lowest BCUT2D eigenvalue weighted by molar-refractivity contribution is -0.124. The van der Waals surface area contributed by atoms with Crippen LogP contribution in [0.25, 0.3) is 0 Å². The largest absolute Gasteiger partial charge is 0.375 e. The highest BCUT2D eigenvalue weighted by atomic mass is 16.5. The van der Waals surface area contributed by atoms with Gasteiger partial charge in [-0.25, -0.2) is 0 Å². The Morgan fingerprint density at radius 3 is 3.06 bits per heavy atom. The lowest BCUT2D eigenvalue weighted by Gasteiger charge is -2.23. The average Bonchev–Trinajstić information content (AvgIpc) is 2.41. The molecule has 0 aromatic carbocycles. The van der Waals surface area contributed by atoms with Crippen LogP contribution in [0.3, 0.4) is 0 Å². The zero-order valence-corrected chi connectivity index (χ0v) is 10.4. The third kappa shape index (κ3) is 4.43. The first kappa shape index (κ1) is 13.0. The number of carbonyl (C=O) groups is 1. The van der Waals surface area contributed by atoms with Gasteiger partial charge in [0.05, 0.1) is 19.1 Å². The Hall–Kier alpha value is -1.46. The molecule has 18 heavy (non-hydrogen) atoms. The molecular formula is C13H19N3O2. The molecular weight excluding hydrogens is 230 g/mol. The van der Waals surface area contributed by atoms with Crippen LogP contribution in [0.1, 0.15) is 12.0 Å². The zero-order chi connectivity index (χ0) is 12.6. The summed E-state index contributed by atoms with van der Waals surface area (Å²) in [7, 11) is 0. The van der Waals surface area contributed by atoms with Crippen molar-refractivity contribution in [2.24, 2.45) is 0 Å². The third-order valence-corrected chi connectivity index (χ3v) is 2.90. The maximum Gasteiger partial charge on any atom is 0.222 e. The molecule has 1 saturated heterocycles. The highest BCUT2D eigenvalue weighted by Gasteiger charge is 2.16. The van der Waals surface area contributed by atoms with Crippen molar-refractivity contribution < 1.29 is 9.53 Å². The van der Waals surface area contributed by atoms with Crippen molar-refractivity contribution in [2.75, 3.05) is 26.2 Å². The highest BCUT2D eigenvalue weighted by Crippen LogP contribution is 2.01. The molecule has 1 fully saturated rings. The Morgan fingerprint density at radius 2 is 2.33 bits per heavy atom. The van der Waals surface area contributed by atoms with Gasteiger partial charge in [0, 0.05) is 32.0 Å². The average molecular weight is 249 g/mol. The fourth-order valence-electron chi connectivity index (χ4n) is 1.93. The fourth-order valence-corrected chi connectivity index (χ4v) is 1.93. The number of pyridine rings is 1. The van der Waals surface area contributed by atoms with Crippen LogP contribution in [0.4, 0.5) is 0 Å². The van der Waals surface area contributed by atoms with Gasteiger partial charge in [-0.3, -0.25) is 9.78 Å². The van der Waals surface area contributed by atoms with Crippen LogP contribution in [0, 0.1) is 0 Å². The first-order valence-electron chi connectivity index (χ1n) is 6.32. The van der Waals surface area contributed by atoms with Gasteiger partial charge < -0.3 is 15.4 Å². The minimum atomic E-state index is 0.0136. The number of aromatic nitrogens is 1. The summed E-state index contributed by atoms with van der Waals surface area (Å²) in [5.41, 5.74) is 1.18. The Morgan fingerprint density at radius 1 is 1.50 bits per heavy atom. The maximum absolute atomic E-state index is 11.7. The van der Waals surface area contributed by atoms with Gasteiger partial charge in [-0.1, -0.05) is 0 Å². The number of ether oxygens (including phenoxy) is 1. The molecule has 2 N–H and O–H groups in total. The molecule has 1 aromatic rings. The molecule has 0 bridgehead atoms. The van der Waals surface area contributed by atoms with Crippen molar-refractivity contribution >= 4 is 5.91 Å². The smallest absolute Gasteiger partial charge is 0.222 e. The van der Waals surface area contributed by atoms with Gasteiger partial charge >= 0.3 is 0 Å². The van der Waals surface area contributed by atoms with Crippen LogP contribution >= 0.6 is 0 Å². The van der Waals surface area contributed by atoms with Crippen molar-refractivity contribution in [3.8, 4) is 0 Å². The molecule has 0 aliphatic carbocycles. The number of hydrogen-bond acceptors (Lipinski definition) is 4. The molecule has 98 valence electrons. The van der Waals surface area contributed by atoms with Crippen molar-refractivity contribution in [1.29, 1.82) is 0 Å². The van der Waals surface area contributed by atoms with Crippen LogP contribution in [-0.2, 0) is 16.0 Å². The van der Waals surface area contributed by atoms with Crippen LogP contribution in [0.2, 0.25) is 0 Å². The number of carbonyl (C=O) groups excluding carboxylic acids is 1. The van der Waals surface area contributed by atoms with Crippen molar-refractivity contribution in [2.45, 2.75) is 18.9 Å². The molecule has 5 nitrogen and oxygen atoms in total. The van der Waals surface area contributed by atoms with Crippen molar-refractivity contribution in [1.82, 2.24) is 15.6 Å². The Kier molecular flexibility index (Phi) is 5.11. The SMILES string of the molecule is O=C(CC1CNCCO1)NCCc1ccncc1. The minimum absolute atomic E-state index is 0.0136. The summed E-state index contributed by atoms with van der Waals surface area (Å²) < 4.78 is 5.48. The number of rotatable bonds is 5. The van der Waals surface area contributed by atoms with Crippen LogP contribution < -0.4 is 10.6 Å². The monoisotopic (exact) mass is 249 g/mol. The summed E-state index contributed by atoms with van der Waals surface area (Å²) in [6.07, 6.45) is 4.80. The number of hydrogen-bond donors (Lipinski definition) is 2. The molecule has 1 aliphatic rings. The summed E-state index contributed by atoms with van der Waals surface area (Å²) in [5.74, 6) is 0.0535. The van der Waals surface area contributed by atoms with Crippen molar-refractivity contribution in [3.63, 3.8) is 0 Å². The van der Waals surface area contributed by atoms with E-state index in [1.165, 1.54) is 5.56 Å².